The maximum absolute atomic E-state index is 12.6. The van der Waals surface area contributed by atoms with Crippen LogP contribution in [0.15, 0.2) is 29.2 Å². The van der Waals surface area contributed by atoms with Gasteiger partial charge in [-0.3, -0.25) is 4.79 Å². The van der Waals surface area contributed by atoms with Gasteiger partial charge in [0.15, 0.2) is 0 Å². The van der Waals surface area contributed by atoms with E-state index in [0.29, 0.717) is 11.8 Å². The zero-order chi connectivity index (χ0) is 16.1. The molecule has 2 aliphatic rings. The van der Waals surface area contributed by atoms with Crippen molar-refractivity contribution in [1.29, 1.82) is 0 Å². The molecular formula is C18H25NO3S. The summed E-state index contributed by atoms with van der Waals surface area (Å²) < 4.78 is 11.2. The molecule has 5 heteroatoms. The molecule has 0 aliphatic carbocycles. The monoisotopic (exact) mass is 335 g/mol. The average Bonchev–Trinajstić information content (AvgIpc) is 2.63. The van der Waals surface area contributed by atoms with E-state index < -0.39 is 0 Å². The summed E-state index contributed by atoms with van der Waals surface area (Å²) in [6.07, 6.45) is 5.08. The summed E-state index contributed by atoms with van der Waals surface area (Å²) in [6.45, 7) is 3.15. The van der Waals surface area contributed by atoms with Gasteiger partial charge in [-0.2, -0.15) is 0 Å². The lowest BCUT2D eigenvalue weighted by Crippen LogP contribution is -2.49. The molecular weight excluding hydrogens is 310 g/mol. The Labute approximate surface area is 142 Å². The first-order valence-electron chi connectivity index (χ1n) is 8.38. The molecule has 0 saturated carbocycles. The van der Waals surface area contributed by atoms with Gasteiger partial charge in [-0.25, -0.2) is 0 Å². The largest absolute Gasteiger partial charge is 0.381 e. The van der Waals surface area contributed by atoms with Crippen molar-refractivity contribution in [2.75, 3.05) is 32.7 Å². The minimum absolute atomic E-state index is 0.0293. The molecule has 1 aromatic carbocycles. The normalized spacial score (nSPS) is 26.0. The summed E-state index contributed by atoms with van der Waals surface area (Å²) in [5.41, 5.74) is 0.736. The Hall–Kier alpha value is -1.04. The number of carbonyl (C=O) groups excluding carboxylic acids is 1. The summed E-state index contributed by atoms with van der Waals surface area (Å²) in [4.78, 5) is 13.7. The fourth-order valence-corrected chi connectivity index (χ4v) is 3.95. The first-order chi connectivity index (χ1) is 11.3. The van der Waals surface area contributed by atoms with Crippen LogP contribution in [-0.2, 0) is 9.47 Å². The molecule has 0 bridgehead atoms. The van der Waals surface area contributed by atoms with Gasteiger partial charge in [0.2, 0.25) is 0 Å². The van der Waals surface area contributed by atoms with Crippen molar-refractivity contribution in [3.63, 3.8) is 0 Å². The van der Waals surface area contributed by atoms with Crippen molar-refractivity contribution in [3.8, 4) is 0 Å². The minimum atomic E-state index is 0.0293. The van der Waals surface area contributed by atoms with Crippen LogP contribution < -0.4 is 5.32 Å². The molecule has 1 amide bonds. The Bertz CT molecular complexity index is 514. The minimum Gasteiger partial charge on any atom is -0.381 e. The van der Waals surface area contributed by atoms with E-state index in [1.54, 1.807) is 11.8 Å². The number of hydrogen-bond donors (Lipinski definition) is 1. The van der Waals surface area contributed by atoms with Gasteiger partial charge in [0.1, 0.15) is 0 Å². The summed E-state index contributed by atoms with van der Waals surface area (Å²) in [6, 6.07) is 8.02. The van der Waals surface area contributed by atoms with Crippen LogP contribution in [0.4, 0.5) is 0 Å². The highest BCUT2D eigenvalue weighted by Gasteiger charge is 2.34. The van der Waals surface area contributed by atoms with Gasteiger partial charge in [0.25, 0.3) is 5.91 Å². The molecule has 0 aromatic heterocycles. The maximum atomic E-state index is 12.6. The molecule has 0 radical (unpaired) electrons. The van der Waals surface area contributed by atoms with E-state index in [1.165, 1.54) is 4.90 Å². The fraction of sp³-hybridized carbons (Fsp3) is 0.611. The SMILES string of the molecule is CSc1ccc(C(=O)N[C@@H]2CCOC[C@@H]2C2CCOCC2)cc1. The van der Waals surface area contributed by atoms with E-state index >= 15 is 0 Å². The lowest BCUT2D eigenvalue weighted by molar-refractivity contribution is -0.0259. The highest BCUT2D eigenvalue weighted by atomic mass is 32.2. The van der Waals surface area contributed by atoms with Gasteiger partial charge in [-0.1, -0.05) is 0 Å². The van der Waals surface area contributed by atoms with E-state index in [2.05, 4.69) is 5.32 Å². The third-order valence-electron chi connectivity index (χ3n) is 4.94. The Morgan fingerprint density at radius 3 is 2.48 bits per heavy atom. The van der Waals surface area contributed by atoms with E-state index in [9.17, 15) is 4.79 Å². The van der Waals surface area contributed by atoms with E-state index in [4.69, 9.17) is 9.47 Å². The Morgan fingerprint density at radius 1 is 1.09 bits per heavy atom. The number of ether oxygens (including phenoxy) is 2. The van der Waals surface area contributed by atoms with E-state index in [1.807, 2.05) is 30.5 Å². The molecule has 2 heterocycles. The fourth-order valence-electron chi connectivity index (χ4n) is 3.54. The highest BCUT2D eigenvalue weighted by molar-refractivity contribution is 7.98. The van der Waals surface area contributed by atoms with Crippen LogP contribution in [0.5, 0.6) is 0 Å². The Kier molecular flexibility index (Phi) is 5.97. The zero-order valence-electron chi connectivity index (χ0n) is 13.6. The van der Waals surface area contributed by atoms with Crippen LogP contribution in [0.1, 0.15) is 29.6 Å². The van der Waals surface area contributed by atoms with Crippen molar-refractivity contribution in [2.45, 2.75) is 30.2 Å². The van der Waals surface area contributed by atoms with Gasteiger partial charge >= 0.3 is 0 Å². The smallest absolute Gasteiger partial charge is 0.251 e. The molecule has 2 fully saturated rings. The number of hydrogen-bond acceptors (Lipinski definition) is 4. The first kappa shape index (κ1) is 16.8. The molecule has 0 unspecified atom stereocenters. The Balaban J connectivity index is 1.64. The third-order valence-corrected chi connectivity index (χ3v) is 5.68. The molecule has 2 saturated heterocycles. The standard InChI is InChI=1S/C18H25NO3S/c1-23-15-4-2-14(3-5-15)18(20)19-17-8-11-22-12-16(17)13-6-9-21-10-7-13/h2-5,13,16-17H,6-12H2,1H3,(H,19,20)/t16-,17-/m1/s1. The molecule has 1 aromatic rings. The van der Waals surface area contributed by atoms with Crippen molar-refractivity contribution in [1.82, 2.24) is 5.32 Å². The van der Waals surface area contributed by atoms with Crippen LogP contribution in [-0.4, -0.2) is 44.6 Å². The summed E-state index contributed by atoms with van der Waals surface area (Å²) in [5.74, 6) is 1.02. The molecule has 0 spiro atoms. The summed E-state index contributed by atoms with van der Waals surface area (Å²) in [5, 5.41) is 3.25. The van der Waals surface area contributed by atoms with Gasteiger partial charge < -0.3 is 14.8 Å². The van der Waals surface area contributed by atoms with Crippen LogP contribution in [0.2, 0.25) is 0 Å². The predicted octanol–water partition coefficient (Wildman–Crippen LogP) is 2.97. The molecule has 23 heavy (non-hydrogen) atoms. The maximum Gasteiger partial charge on any atom is 0.251 e. The van der Waals surface area contributed by atoms with E-state index in [-0.39, 0.29) is 11.9 Å². The van der Waals surface area contributed by atoms with Gasteiger partial charge in [-0.05, 0) is 55.7 Å². The summed E-state index contributed by atoms with van der Waals surface area (Å²) >= 11 is 1.68. The van der Waals surface area contributed by atoms with Crippen LogP contribution in [0.25, 0.3) is 0 Å². The third kappa shape index (κ3) is 4.28. The molecule has 1 N–H and O–H groups in total. The number of nitrogens with one attached hydrogen (secondary N) is 1. The van der Waals surface area contributed by atoms with Crippen molar-refractivity contribution in [2.24, 2.45) is 11.8 Å². The lowest BCUT2D eigenvalue weighted by Gasteiger charge is -2.39. The average molecular weight is 335 g/mol. The lowest BCUT2D eigenvalue weighted by atomic mass is 9.79. The first-order valence-corrected chi connectivity index (χ1v) is 9.61. The van der Waals surface area contributed by atoms with Gasteiger partial charge in [-0.15, -0.1) is 11.8 Å². The van der Waals surface area contributed by atoms with E-state index in [0.717, 1.165) is 51.3 Å². The van der Waals surface area contributed by atoms with Gasteiger partial charge in [0, 0.05) is 42.2 Å². The Morgan fingerprint density at radius 2 is 1.78 bits per heavy atom. The molecule has 126 valence electrons. The van der Waals surface area contributed by atoms with Crippen molar-refractivity contribution in [3.05, 3.63) is 29.8 Å². The summed E-state index contributed by atoms with van der Waals surface area (Å²) in [7, 11) is 0. The van der Waals surface area contributed by atoms with Crippen molar-refractivity contribution >= 4 is 17.7 Å². The number of amides is 1. The second-order valence-corrected chi connectivity index (χ2v) is 7.17. The predicted molar refractivity (Wildman–Crippen MR) is 91.9 cm³/mol. The second-order valence-electron chi connectivity index (χ2n) is 6.29. The van der Waals surface area contributed by atoms with Crippen LogP contribution in [0.3, 0.4) is 0 Å². The van der Waals surface area contributed by atoms with Gasteiger partial charge in [0.05, 0.1) is 6.61 Å². The highest BCUT2D eigenvalue weighted by Crippen LogP contribution is 2.30. The zero-order valence-corrected chi connectivity index (χ0v) is 14.4. The topological polar surface area (TPSA) is 47.6 Å². The number of rotatable bonds is 4. The number of carbonyl (C=O) groups is 1. The van der Waals surface area contributed by atoms with Crippen LogP contribution in [0, 0.1) is 11.8 Å². The van der Waals surface area contributed by atoms with Crippen molar-refractivity contribution < 1.29 is 14.3 Å². The molecule has 2 aliphatic heterocycles. The molecule has 4 nitrogen and oxygen atoms in total. The quantitative estimate of drug-likeness (QED) is 0.860. The van der Waals surface area contributed by atoms with Crippen LogP contribution >= 0.6 is 11.8 Å². The number of benzene rings is 1. The molecule has 2 atom stereocenters. The number of thioether (sulfide) groups is 1. The molecule has 3 rings (SSSR count). The second kappa shape index (κ2) is 8.18.